The van der Waals surface area contributed by atoms with E-state index in [2.05, 4.69) is 18.4 Å². The zero-order valence-electron chi connectivity index (χ0n) is 9.21. The highest BCUT2D eigenvalue weighted by atomic mass is 28.4. The molecule has 0 amide bonds. The maximum absolute atomic E-state index is 6.05. The van der Waals surface area contributed by atoms with Crippen LogP contribution in [0.15, 0.2) is 12.7 Å². The second-order valence-corrected chi connectivity index (χ2v) is 7.32. The highest BCUT2D eigenvalue weighted by Crippen LogP contribution is 2.19. The van der Waals surface area contributed by atoms with Crippen LogP contribution in [0.2, 0.25) is 12.6 Å². The van der Waals surface area contributed by atoms with Crippen LogP contribution in [0, 0.1) is 0 Å². The first-order valence-electron chi connectivity index (χ1n) is 5.25. The van der Waals surface area contributed by atoms with E-state index in [1.807, 2.05) is 6.08 Å². The van der Waals surface area contributed by atoms with Gasteiger partial charge in [0.2, 0.25) is 0 Å². The van der Waals surface area contributed by atoms with Gasteiger partial charge >= 0.3 is 8.56 Å². The number of hydrogen-bond donors (Lipinski definition) is 1. The third-order valence-corrected chi connectivity index (χ3v) is 5.59. The Morgan fingerprint density at radius 1 is 1.71 bits per heavy atom. The predicted octanol–water partition coefficient (Wildman–Crippen LogP) is 1.66. The van der Waals surface area contributed by atoms with E-state index in [9.17, 15) is 0 Å². The summed E-state index contributed by atoms with van der Waals surface area (Å²) in [6.07, 6.45) is 4.21. The molecule has 1 aliphatic rings. The van der Waals surface area contributed by atoms with E-state index in [1.165, 1.54) is 0 Å². The van der Waals surface area contributed by atoms with Crippen molar-refractivity contribution >= 4 is 8.56 Å². The van der Waals surface area contributed by atoms with Gasteiger partial charge in [0.1, 0.15) is 0 Å². The van der Waals surface area contributed by atoms with Crippen LogP contribution >= 0.6 is 0 Å². The molecule has 0 spiro atoms. The third-order valence-electron chi connectivity index (χ3n) is 2.63. The monoisotopic (exact) mass is 215 g/mol. The zero-order chi connectivity index (χ0) is 10.4. The molecule has 0 bridgehead atoms. The molecule has 1 saturated heterocycles. The van der Waals surface area contributed by atoms with Gasteiger partial charge in [-0.2, -0.15) is 0 Å². The minimum atomic E-state index is -1.88. The summed E-state index contributed by atoms with van der Waals surface area (Å²) < 4.78 is 11.6. The Morgan fingerprint density at radius 3 is 3.14 bits per heavy atom. The van der Waals surface area contributed by atoms with Crippen molar-refractivity contribution in [3.63, 3.8) is 0 Å². The van der Waals surface area contributed by atoms with Crippen LogP contribution in [0.3, 0.4) is 0 Å². The van der Waals surface area contributed by atoms with Gasteiger partial charge in [0, 0.05) is 13.7 Å². The summed E-state index contributed by atoms with van der Waals surface area (Å²) in [6, 6.07) is 1.07. The summed E-state index contributed by atoms with van der Waals surface area (Å²) in [6.45, 7) is 7.88. The first-order chi connectivity index (χ1) is 6.70. The summed E-state index contributed by atoms with van der Waals surface area (Å²) in [5.41, 5.74) is 0. The first kappa shape index (κ1) is 11.9. The van der Waals surface area contributed by atoms with Crippen molar-refractivity contribution in [3.05, 3.63) is 12.7 Å². The minimum absolute atomic E-state index is 0.240. The summed E-state index contributed by atoms with van der Waals surface area (Å²) in [7, 11) is -0.111. The smallest absolute Gasteiger partial charge is 0.335 e. The average molecular weight is 215 g/mol. The van der Waals surface area contributed by atoms with Crippen LogP contribution in [-0.4, -0.2) is 34.9 Å². The lowest BCUT2D eigenvalue weighted by Gasteiger charge is -2.32. The molecule has 2 unspecified atom stereocenters. The lowest BCUT2D eigenvalue weighted by Crippen LogP contribution is -2.46. The third kappa shape index (κ3) is 3.53. The van der Waals surface area contributed by atoms with E-state index in [1.54, 1.807) is 7.11 Å². The number of hydrogen-bond acceptors (Lipinski definition) is 3. The number of nitrogens with one attached hydrogen (secondary N) is 1. The van der Waals surface area contributed by atoms with E-state index in [0.717, 1.165) is 32.0 Å². The molecule has 1 rings (SSSR count). The Morgan fingerprint density at radius 2 is 2.50 bits per heavy atom. The van der Waals surface area contributed by atoms with Crippen LogP contribution in [0.4, 0.5) is 0 Å². The van der Waals surface area contributed by atoms with Crippen LogP contribution in [0.1, 0.15) is 12.8 Å². The van der Waals surface area contributed by atoms with Gasteiger partial charge in [-0.1, -0.05) is 6.08 Å². The summed E-state index contributed by atoms with van der Waals surface area (Å²) >= 11 is 0. The molecule has 14 heavy (non-hydrogen) atoms. The molecule has 1 N–H and O–H groups in total. The maximum atomic E-state index is 6.05. The SMILES string of the molecule is C=CCC1CNCCC[Si](C)(OC)O1. The highest BCUT2D eigenvalue weighted by Gasteiger charge is 2.33. The predicted molar refractivity (Wildman–Crippen MR) is 60.6 cm³/mol. The van der Waals surface area contributed by atoms with Crippen molar-refractivity contribution in [3.8, 4) is 0 Å². The van der Waals surface area contributed by atoms with E-state index in [-0.39, 0.29) is 6.10 Å². The summed E-state index contributed by atoms with van der Waals surface area (Å²) in [5.74, 6) is 0. The van der Waals surface area contributed by atoms with Gasteiger partial charge in [0.05, 0.1) is 6.10 Å². The minimum Gasteiger partial charge on any atom is -0.398 e. The molecule has 0 aliphatic carbocycles. The quantitative estimate of drug-likeness (QED) is 0.574. The number of rotatable bonds is 3. The normalized spacial score (nSPS) is 34.6. The topological polar surface area (TPSA) is 30.5 Å². The molecule has 1 aliphatic heterocycles. The van der Waals surface area contributed by atoms with Crippen LogP contribution in [-0.2, 0) is 8.85 Å². The van der Waals surface area contributed by atoms with E-state index >= 15 is 0 Å². The fourth-order valence-corrected chi connectivity index (χ4v) is 3.84. The molecule has 0 aromatic carbocycles. The van der Waals surface area contributed by atoms with Gasteiger partial charge < -0.3 is 14.2 Å². The van der Waals surface area contributed by atoms with E-state index < -0.39 is 8.56 Å². The molecular formula is C10H21NO2Si. The van der Waals surface area contributed by atoms with Gasteiger partial charge in [0.25, 0.3) is 0 Å². The van der Waals surface area contributed by atoms with Crippen molar-refractivity contribution in [2.45, 2.75) is 31.5 Å². The van der Waals surface area contributed by atoms with Gasteiger partial charge in [0.15, 0.2) is 0 Å². The van der Waals surface area contributed by atoms with E-state index in [0.29, 0.717) is 0 Å². The van der Waals surface area contributed by atoms with Crippen molar-refractivity contribution < 1.29 is 8.85 Å². The lowest BCUT2D eigenvalue weighted by atomic mass is 10.2. The zero-order valence-corrected chi connectivity index (χ0v) is 10.2. The Hall–Kier alpha value is -0.163. The lowest BCUT2D eigenvalue weighted by molar-refractivity contribution is 0.126. The van der Waals surface area contributed by atoms with Crippen LogP contribution in [0.25, 0.3) is 0 Å². The van der Waals surface area contributed by atoms with Crippen LogP contribution in [0.5, 0.6) is 0 Å². The fourth-order valence-electron chi connectivity index (χ4n) is 1.72. The molecule has 0 radical (unpaired) electrons. The molecule has 2 atom stereocenters. The molecule has 3 nitrogen and oxygen atoms in total. The van der Waals surface area contributed by atoms with Gasteiger partial charge in [-0.05, 0) is 32.0 Å². The summed E-state index contributed by atoms with van der Waals surface area (Å²) in [4.78, 5) is 0. The maximum Gasteiger partial charge on any atom is 0.335 e. The molecule has 1 heterocycles. The van der Waals surface area contributed by atoms with Crippen molar-refractivity contribution in [2.75, 3.05) is 20.2 Å². The molecule has 0 aromatic rings. The molecule has 4 heteroatoms. The fraction of sp³-hybridized carbons (Fsp3) is 0.800. The Bertz CT molecular complexity index is 189. The van der Waals surface area contributed by atoms with Crippen molar-refractivity contribution in [1.82, 2.24) is 5.32 Å². The second kappa shape index (κ2) is 5.65. The molecule has 0 saturated carbocycles. The Kier molecular flexibility index (Phi) is 4.81. The largest absolute Gasteiger partial charge is 0.398 e. The Labute approximate surface area is 87.7 Å². The standard InChI is InChI=1S/C10H21NO2Si/c1-4-6-10-9-11-7-5-8-14(3,12-2)13-10/h4,10-11H,1,5-9H2,2-3H3. The van der Waals surface area contributed by atoms with Crippen LogP contribution < -0.4 is 5.32 Å². The Balaban J connectivity index is 2.54. The average Bonchev–Trinajstić information content (AvgIpc) is 2.14. The molecule has 82 valence electrons. The van der Waals surface area contributed by atoms with E-state index in [4.69, 9.17) is 8.85 Å². The molecular weight excluding hydrogens is 194 g/mol. The summed E-state index contributed by atoms with van der Waals surface area (Å²) in [5, 5.41) is 3.38. The first-order valence-corrected chi connectivity index (χ1v) is 7.77. The van der Waals surface area contributed by atoms with Gasteiger partial charge in [-0.15, -0.1) is 6.58 Å². The van der Waals surface area contributed by atoms with Crippen molar-refractivity contribution in [1.29, 1.82) is 0 Å². The van der Waals surface area contributed by atoms with Gasteiger partial charge in [-0.25, -0.2) is 0 Å². The van der Waals surface area contributed by atoms with Crippen molar-refractivity contribution in [2.24, 2.45) is 0 Å². The second-order valence-electron chi connectivity index (χ2n) is 3.91. The molecule has 0 aromatic heterocycles. The molecule has 1 fully saturated rings. The van der Waals surface area contributed by atoms with Gasteiger partial charge in [-0.3, -0.25) is 0 Å². The highest BCUT2D eigenvalue weighted by molar-refractivity contribution is 6.66.